The highest BCUT2D eigenvalue weighted by Crippen LogP contribution is 2.34. The molecule has 5 rings (SSSR count). The molecular weight excluding hydrogens is 370 g/mol. The summed E-state index contributed by atoms with van der Waals surface area (Å²) in [5.41, 5.74) is 3.21. The summed E-state index contributed by atoms with van der Waals surface area (Å²) in [5.74, 6) is 0.534. The molecule has 2 aromatic heterocycles. The van der Waals surface area contributed by atoms with Crippen LogP contribution in [0.1, 0.15) is 44.8 Å². The number of imidazole rings is 1. The minimum absolute atomic E-state index is 0.0495. The second-order valence-corrected chi connectivity index (χ2v) is 8.97. The molecule has 0 radical (unpaired) electrons. The maximum atomic E-state index is 12.6. The second-order valence-electron chi connectivity index (χ2n) is 7.85. The molecule has 6 nitrogen and oxygen atoms in total. The zero-order chi connectivity index (χ0) is 19.1. The largest absolute Gasteiger partial charge is 0.371 e. The average molecular weight is 396 g/mol. The van der Waals surface area contributed by atoms with Gasteiger partial charge in [-0.25, -0.2) is 9.97 Å². The predicted octanol–water partition coefficient (Wildman–Crippen LogP) is 2.75. The number of piperidine rings is 1. The van der Waals surface area contributed by atoms with Gasteiger partial charge in [0.2, 0.25) is 0 Å². The van der Waals surface area contributed by atoms with E-state index in [-0.39, 0.29) is 5.91 Å². The first-order valence-corrected chi connectivity index (χ1v) is 10.9. The molecule has 2 aromatic rings. The van der Waals surface area contributed by atoms with Crippen LogP contribution in [0.15, 0.2) is 36.4 Å². The van der Waals surface area contributed by atoms with Crippen LogP contribution < -0.4 is 0 Å². The predicted molar refractivity (Wildman–Crippen MR) is 109 cm³/mol. The Bertz CT molecular complexity index is 922. The van der Waals surface area contributed by atoms with Gasteiger partial charge in [-0.05, 0) is 25.0 Å². The standard InChI is InChI=1S/C21H25N5OS/c1-24-13-18(22-14-24)21(27)26-9-5-15(6-10-26)20-23-17-7-11-25(16-3-2-4-16)12-8-19(17)28-20/h2-4,13-15H,5-12H2,1H3. The molecular formula is C21H25N5OS. The van der Waals surface area contributed by atoms with Crippen molar-refractivity contribution in [2.24, 2.45) is 7.05 Å². The Morgan fingerprint density at radius 3 is 2.64 bits per heavy atom. The molecule has 7 heteroatoms. The third-order valence-corrected chi connectivity index (χ3v) is 7.30. The first kappa shape index (κ1) is 17.7. The van der Waals surface area contributed by atoms with E-state index in [1.807, 2.05) is 27.9 Å². The van der Waals surface area contributed by atoms with Gasteiger partial charge < -0.3 is 14.4 Å². The highest BCUT2D eigenvalue weighted by molar-refractivity contribution is 7.11. The quantitative estimate of drug-likeness (QED) is 0.802. The van der Waals surface area contributed by atoms with E-state index in [4.69, 9.17) is 4.98 Å². The lowest BCUT2D eigenvalue weighted by molar-refractivity contribution is 0.0707. The molecule has 0 atom stereocenters. The van der Waals surface area contributed by atoms with E-state index >= 15 is 0 Å². The third kappa shape index (κ3) is 3.28. The fourth-order valence-corrected chi connectivity index (χ4v) is 5.49. The molecule has 4 heterocycles. The van der Waals surface area contributed by atoms with Crippen molar-refractivity contribution in [3.05, 3.63) is 57.7 Å². The van der Waals surface area contributed by atoms with E-state index in [9.17, 15) is 4.79 Å². The molecule has 0 unspecified atom stereocenters. The number of allylic oxidation sites excluding steroid dienone is 3. The Balaban J connectivity index is 1.20. The van der Waals surface area contributed by atoms with Crippen molar-refractivity contribution in [3.8, 4) is 0 Å². The molecule has 1 amide bonds. The Kier molecular flexibility index (Phi) is 4.55. The number of likely N-dealkylation sites (tertiary alicyclic amines) is 1. The average Bonchev–Trinajstić information content (AvgIpc) is 3.24. The van der Waals surface area contributed by atoms with Crippen LogP contribution in [0.2, 0.25) is 0 Å². The van der Waals surface area contributed by atoms with Crippen molar-refractivity contribution in [2.45, 2.75) is 31.6 Å². The molecule has 28 heavy (non-hydrogen) atoms. The van der Waals surface area contributed by atoms with Crippen molar-refractivity contribution in [3.63, 3.8) is 0 Å². The van der Waals surface area contributed by atoms with E-state index in [2.05, 4.69) is 28.1 Å². The number of carbonyl (C=O) groups excluding carboxylic acids is 1. The van der Waals surface area contributed by atoms with E-state index in [0.29, 0.717) is 11.6 Å². The van der Waals surface area contributed by atoms with Gasteiger partial charge in [-0.1, -0.05) is 6.08 Å². The number of fused-ring (bicyclic) bond motifs is 1. The van der Waals surface area contributed by atoms with Crippen LogP contribution in [0.25, 0.3) is 0 Å². The van der Waals surface area contributed by atoms with Gasteiger partial charge >= 0.3 is 0 Å². The molecule has 1 saturated heterocycles. The molecule has 0 N–H and O–H groups in total. The molecule has 0 bridgehead atoms. The van der Waals surface area contributed by atoms with E-state index in [1.165, 1.54) is 21.3 Å². The number of aromatic nitrogens is 3. The van der Waals surface area contributed by atoms with Crippen LogP contribution in [0.5, 0.6) is 0 Å². The van der Waals surface area contributed by atoms with Crippen LogP contribution in [0.4, 0.5) is 0 Å². The fourth-order valence-electron chi connectivity index (χ4n) is 4.22. The molecule has 146 valence electrons. The zero-order valence-electron chi connectivity index (χ0n) is 16.2. The second kappa shape index (κ2) is 7.20. The number of aryl methyl sites for hydroxylation is 1. The molecule has 0 spiro atoms. The number of carbonyl (C=O) groups is 1. The van der Waals surface area contributed by atoms with Gasteiger partial charge in [-0.15, -0.1) is 11.3 Å². The van der Waals surface area contributed by atoms with Crippen molar-refractivity contribution >= 4 is 17.2 Å². The maximum Gasteiger partial charge on any atom is 0.274 e. The SMILES string of the molecule is Cn1cnc(C(=O)N2CCC(c3nc4c(s3)CCN(C3=CC=C3)CC4)CC2)c1. The molecule has 0 aromatic carbocycles. The van der Waals surface area contributed by atoms with Crippen molar-refractivity contribution < 1.29 is 4.79 Å². The van der Waals surface area contributed by atoms with Gasteiger partial charge in [-0.3, -0.25) is 4.79 Å². The normalized spacial score (nSPS) is 19.8. The van der Waals surface area contributed by atoms with E-state index in [1.54, 1.807) is 12.5 Å². The van der Waals surface area contributed by atoms with Gasteiger partial charge in [0, 0.05) is 68.8 Å². The van der Waals surface area contributed by atoms with Gasteiger partial charge in [0.25, 0.3) is 5.91 Å². The third-order valence-electron chi connectivity index (χ3n) is 5.98. The highest BCUT2D eigenvalue weighted by atomic mass is 32.1. The molecule has 2 aliphatic heterocycles. The lowest BCUT2D eigenvalue weighted by Crippen LogP contribution is -2.38. The summed E-state index contributed by atoms with van der Waals surface area (Å²) in [6, 6.07) is 0. The van der Waals surface area contributed by atoms with Crippen molar-refractivity contribution in [1.82, 2.24) is 24.3 Å². The number of nitrogens with zero attached hydrogens (tertiary/aromatic N) is 5. The number of hydrogen-bond acceptors (Lipinski definition) is 5. The van der Waals surface area contributed by atoms with Gasteiger partial charge in [0.15, 0.2) is 0 Å². The van der Waals surface area contributed by atoms with Crippen LogP contribution in [0, 0.1) is 0 Å². The van der Waals surface area contributed by atoms with Crippen LogP contribution in [0.3, 0.4) is 0 Å². The van der Waals surface area contributed by atoms with Crippen LogP contribution >= 0.6 is 11.3 Å². The number of amides is 1. The minimum Gasteiger partial charge on any atom is -0.371 e. The summed E-state index contributed by atoms with van der Waals surface area (Å²) < 4.78 is 1.82. The molecule has 1 fully saturated rings. The summed E-state index contributed by atoms with van der Waals surface area (Å²) >= 11 is 1.91. The number of rotatable bonds is 3. The van der Waals surface area contributed by atoms with Crippen molar-refractivity contribution in [2.75, 3.05) is 26.2 Å². The Hall–Kier alpha value is -2.41. The highest BCUT2D eigenvalue weighted by Gasteiger charge is 2.29. The lowest BCUT2D eigenvalue weighted by Gasteiger charge is -2.30. The number of hydrogen-bond donors (Lipinski definition) is 0. The van der Waals surface area contributed by atoms with E-state index in [0.717, 1.165) is 51.9 Å². The van der Waals surface area contributed by atoms with Gasteiger partial charge in [0.1, 0.15) is 5.69 Å². The van der Waals surface area contributed by atoms with Gasteiger partial charge in [0.05, 0.1) is 17.0 Å². The smallest absolute Gasteiger partial charge is 0.274 e. The summed E-state index contributed by atoms with van der Waals surface area (Å²) in [6.07, 6.45) is 14.1. The number of thiazole rings is 1. The first-order valence-electron chi connectivity index (χ1n) is 10.1. The van der Waals surface area contributed by atoms with Crippen molar-refractivity contribution in [1.29, 1.82) is 0 Å². The topological polar surface area (TPSA) is 54.3 Å². The van der Waals surface area contributed by atoms with Crippen LogP contribution in [-0.2, 0) is 19.9 Å². The summed E-state index contributed by atoms with van der Waals surface area (Å²) in [6.45, 7) is 3.72. The molecule has 0 saturated carbocycles. The zero-order valence-corrected chi connectivity index (χ0v) is 17.0. The minimum atomic E-state index is 0.0495. The molecule has 1 aliphatic carbocycles. The monoisotopic (exact) mass is 395 g/mol. The van der Waals surface area contributed by atoms with E-state index < -0.39 is 0 Å². The maximum absolute atomic E-state index is 12.6. The lowest BCUT2D eigenvalue weighted by atomic mass is 9.97. The molecule has 3 aliphatic rings. The summed E-state index contributed by atoms with van der Waals surface area (Å²) in [7, 11) is 1.89. The fraction of sp³-hybridized carbons (Fsp3) is 0.476. The summed E-state index contributed by atoms with van der Waals surface area (Å²) in [4.78, 5) is 27.7. The van der Waals surface area contributed by atoms with Gasteiger partial charge in [-0.2, -0.15) is 0 Å². The summed E-state index contributed by atoms with van der Waals surface area (Å²) in [5, 5.41) is 1.28. The Morgan fingerprint density at radius 1 is 1.18 bits per heavy atom. The Labute approximate surface area is 169 Å². The first-order chi connectivity index (χ1) is 13.7. The Morgan fingerprint density at radius 2 is 1.96 bits per heavy atom. The van der Waals surface area contributed by atoms with Crippen LogP contribution in [-0.4, -0.2) is 56.4 Å².